The van der Waals surface area contributed by atoms with Crippen molar-refractivity contribution in [2.24, 2.45) is 0 Å². The highest BCUT2D eigenvalue weighted by Crippen LogP contribution is 2.31. The van der Waals surface area contributed by atoms with Crippen LogP contribution < -0.4 is 24.8 Å². The summed E-state index contributed by atoms with van der Waals surface area (Å²) in [5.74, 6) is 0.836. The maximum atomic E-state index is 12.3. The molecule has 4 rings (SSSR count). The molecule has 1 aliphatic rings. The molecule has 0 fully saturated rings. The first-order valence-corrected chi connectivity index (χ1v) is 11.0. The van der Waals surface area contributed by atoms with Crippen molar-refractivity contribution in [3.05, 3.63) is 48.5 Å². The number of thioether (sulfide) groups is 1. The number of methoxy groups -OCH3 is 1. The van der Waals surface area contributed by atoms with Crippen LogP contribution >= 0.6 is 23.1 Å². The van der Waals surface area contributed by atoms with Crippen LogP contribution in [0.25, 0.3) is 0 Å². The third-order valence-corrected chi connectivity index (χ3v) is 6.11. The van der Waals surface area contributed by atoms with E-state index in [-0.39, 0.29) is 12.4 Å². The number of nitrogens with one attached hydrogen (secondary N) is 2. The van der Waals surface area contributed by atoms with E-state index < -0.39 is 17.9 Å². The van der Waals surface area contributed by atoms with E-state index in [1.807, 2.05) is 30.3 Å². The molecule has 0 bridgehead atoms. The zero-order valence-electron chi connectivity index (χ0n) is 16.4. The second kappa shape index (κ2) is 9.67. The normalized spacial score (nSPS) is 14.5. The van der Waals surface area contributed by atoms with Crippen LogP contribution in [0.2, 0.25) is 0 Å². The topological polar surface area (TPSA) is 112 Å². The summed E-state index contributed by atoms with van der Waals surface area (Å²) in [5.41, 5.74) is 0.841. The summed E-state index contributed by atoms with van der Waals surface area (Å²) in [6, 6.07) is 14.5. The molecule has 11 heteroatoms. The van der Waals surface area contributed by atoms with Crippen molar-refractivity contribution in [1.82, 2.24) is 15.5 Å². The van der Waals surface area contributed by atoms with Gasteiger partial charge in [0, 0.05) is 5.69 Å². The Morgan fingerprint density at radius 1 is 1.16 bits per heavy atom. The van der Waals surface area contributed by atoms with Gasteiger partial charge in [-0.25, -0.2) is 0 Å². The number of hydrogen-bond acceptors (Lipinski definition) is 10. The van der Waals surface area contributed by atoms with E-state index >= 15 is 0 Å². The Balaban J connectivity index is 1.24. The second-order valence-electron chi connectivity index (χ2n) is 6.29. The Labute approximate surface area is 186 Å². The molecule has 0 radical (unpaired) electrons. The van der Waals surface area contributed by atoms with E-state index in [1.165, 1.54) is 23.1 Å². The molecule has 0 saturated heterocycles. The summed E-state index contributed by atoms with van der Waals surface area (Å²) >= 11 is 2.50. The number of carbonyl (C=O) groups excluding carboxylic acids is 2. The quantitative estimate of drug-likeness (QED) is 0.516. The van der Waals surface area contributed by atoms with Crippen molar-refractivity contribution in [3.63, 3.8) is 0 Å². The largest absolute Gasteiger partial charge is 0.497 e. The third-order valence-electron chi connectivity index (χ3n) is 4.14. The minimum Gasteiger partial charge on any atom is -0.497 e. The van der Waals surface area contributed by atoms with E-state index in [9.17, 15) is 9.59 Å². The van der Waals surface area contributed by atoms with Gasteiger partial charge in [0.2, 0.25) is 17.1 Å². The molecule has 2 amide bonds. The Morgan fingerprint density at radius 2 is 1.94 bits per heavy atom. The van der Waals surface area contributed by atoms with Crippen molar-refractivity contribution in [1.29, 1.82) is 0 Å². The second-order valence-corrected chi connectivity index (χ2v) is 8.49. The number of benzene rings is 2. The lowest BCUT2D eigenvalue weighted by Gasteiger charge is -2.25. The summed E-state index contributed by atoms with van der Waals surface area (Å²) in [5, 5.41) is 14.2. The van der Waals surface area contributed by atoms with Crippen LogP contribution in [0.3, 0.4) is 0 Å². The van der Waals surface area contributed by atoms with Crippen LogP contribution in [-0.4, -0.2) is 47.6 Å². The van der Waals surface area contributed by atoms with Gasteiger partial charge in [-0.1, -0.05) is 35.2 Å². The Bertz CT molecular complexity index is 1070. The van der Waals surface area contributed by atoms with E-state index in [1.54, 1.807) is 25.3 Å². The molecular weight excluding hydrogens is 440 g/mol. The standard InChI is InChI=1S/C20H18N4O5S2/c1-27-13-8-6-12(7-9-13)21-19-23-24-20(31-19)30-11-17(25)22-18(26)16-10-28-14-4-2-3-5-15(14)29-16/h2-9,16H,10-11H2,1H3,(H,21,23)(H,22,25,26)/t16-/m0/s1. The molecule has 3 aromatic rings. The highest BCUT2D eigenvalue weighted by atomic mass is 32.2. The molecule has 2 aromatic carbocycles. The van der Waals surface area contributed by atoms with Gasteiger partial charge in [-0.15, -0.1) is 10.2 Å². The van der Waals surface area contributed by atoms with Crippen LogP contribution in [0.1, 0.15) is 0 Å². The van der Waals surface area contributed by atoms with Crippen molar-refractivity contribution in [2.45, 2.75) is 10.4 Å². The number of rotatable bonds is 7. The number of nitrogens with zero attached hydrogens (tertiary/aromatic N) is 2. The smallest absolute Gasteiger partial charge is 0.271 e. The average Bonchev–Trinajstić information content (AvgIpc) is 3.25. The predicted octanol–water partition coefficient (Wildman–Crippen LogP) is 2.87. The molecule has 9 nitrogen and oxygen atoms in total. The van der Waals surface area contributed by atoms with Gasteiger partial charge < -0.3 is 19.5 Å². The van der Waals surface area contributed by atoms with E-state index in [0.717, 1.165) is 11.4 Å². The SMILES string of the molecule is COc1ccc(Nc2nnc(SCC(=O)NC(=O)[C@@H]3COc4ccccc4O3)s2)cc1. The Morgan fingerprint density at radius 3 is 2.71 bits per heavy atom. The number of carbonyl (C=O) groups is 2. The molecule has 1 aromatic heterocycles. The van der Waals surface area contributed by atoms with E-state index in [4.69, 9.17) is 14.2 Å². The third kappa shape index (κ3) is 5.44. The molecular formula is C20H18N4O5S2. The van der Waals surface area contributed by atoms with Crippen molar-refractivity contribution in [3.8, 4) is 17.2 Å². The first-order chi connectivity index (χ1) is 15.1. The summed E-state index contributed by atoms with van der Waals surface area (Å²) in [6.07, 6.45) is -0.884. The van der Waals surface area contributed by atoms with Gasteiger partial charge in [0.25, 0.3) is 5.91 Å². The van der Waals surface area contributed by atoms with Gasteiger partial charge in [0.05, 0.1) is 12.9 Å². The zero-order valence-corrected chi connectivity index (χ0v) is 18.0. The van der Waals surface area contributed by atoms with Gasteiger partial charge >= 0.3 is 0 Å². The van der Waals surface area contributed by atoms with Crippen LogP contribution in [0.5, 0.6) is 17.2 Å². The first-order valence-electron chi connectivity index (χ1n) is 9.20. The average molecular weight is 459 g/mol. The maximum Gasteiger partial charge on any atom is 0.271 e. The van der Waals surface area contributed by atoms with Crippen molar-refractivity contribution >= 4 is 45.7 Å². The Kier molecular flexibility index (Phi) is 6.53. The Hall–Kier alpha value is -3.31. The number of amides is 2. The highest BCUT2D eigenvalue weighted by Gasteiger charge is 2.28. The van der Waals surface area contributed by atoms with Crippen LogP contribution in [0.15, 0.2) is 52.9 Å². The molecule has 0 saturated carbocycles. The van der Waals surface area contributed by atoms with Crippen LogP contribution in [0.4, 0.5) is 10.8 Å². The molecule has 1 aliphatic heterocycles. The predicted molar refractivity (Wildman–Crippen MR) is 116 cm³/mol. The number of anilines is 2. The number of aromatic nitrogens is 2. The molecule has 1 atom stereocenters. The minimum atomic E-state index is -0.884. The van der Waals surface area contributed by atoms with Gasteiger partial charge in [-0.05, 0) is 36.4 Å². The monoisotopic (exact) mass is 458 g/mol. The fourth-order valence-electron chi connectivity index (χ4n) is 2.65. The molecule has 0 aliphatic carbocycles. The van der Waals surface area contributed by atoms with Gasteiger partial charge in [-0.3, -0.25) is 14.9 Å². The summed E-state index contributed by atoms with van der Waals surface area (Å²) < 4.78 is 16.8. The number of imide groups is 1. The lowest BCUT2D eigenvalue weighted by atomic mass is 10.2. The number of hydrogen-bond donors (Lipinski definition) is 2. The molecule has 2 heterocycles. The first kappa shape index (κ1) is 20.9. The highest BCUT2D eigenvalue weighted by molar-refractivity contribution is 8.01. The molecule has 0 unspecified atom stereocenters. The van der Waals surface area contributed by atoms with Crippen molar-refractivity contribution in [2.75, 3.05) is 24.8 Å². The summed E-state index contributed by atoms with van der Waals surface area (Å²) in [7, 11) is 1.61. The fraction of sp³-hybridized carbons (Fsp3) is 0.200. The van der Waals surface area contributed by atoms with E-state index in [2.05, 4.69) is 20.8 Å². The number of ether oxygens (including phenoxy) is 3. The van der Waals surface area contributed by atoms with Crippen LogP contribution in [-0.2, 0) is 9.59 Å². The van der Waals surface area contributed by atoms with Crippen LogP contribution in [0, 0.1) is 0 Å². The lowest BCUT2D eigenvalue weighted by Crippen LogP contribution is -2.46. The summed E-state index contributed by atoms with van der Waals surface area (Å²) in [4.78, 5) is 24.4. The summed E-state index contributed by atoms with van der Waals surface area (Å²) in [6.45, 7) is 0.0417. The molecule has 160 valence electrons. The minimum absolute atomic E-state index is 0.0209. The van der Waals surface area contributed by atoms with Gasteiger partial charge in [0.1, 0.15) is 12.4 Å². The molecule has 0 spiro atoms. The lowest BCUT2D eigenvalue weighted by molar-refractivity contribution is -0.135. The van der Waals surface area contributed by atoms with E-state index in [0.29, 0.717) is 21.0 Å². The molecule has 31 heavy (non-hydrogen) atoms. The van der Waals surface area contributed by atoms with Gasteiger partial charge in [0.15, 0.2) is 15.8 Å². The fourth-order valence-corrected chi connectivity index (χ4v) is 4.22. The maximum absolute atomic E-state index is 12.3. The number of para-hydroxylation sites is 2. The van der Waals surface area contributed by atoms with Gasteiger partial charge in [-0.2, -0.15) is 0 Å². The van der Waals surface area contributed by atoms with Crippen molar-refractivity contribution < 1.29 is 23.8 Å². The number of fused-ring (bicyclic) bond motifs is 1. The zero-order chi connectivity index (χ0) is 21.6. The molecule has 2 N–H and O–H groups in total.